The number of aromatic nitrogens is 5. The smallest absolute Gasteiger partial charge is 0.178 e. The Hall–Kier alpha value is -3.40. The summed E-state index contributed by atoms with van der Waals surface area (Å²) in [5.74, 6) is 0.664. The molecular weight excluding hydrogens is 278 g/mol. The topological polar surface area (TPSA) is 95.2 Å². The highest BCUT2D eigenvalue weighted by atomic mass is 15.3. The molecule has 0 fully saturated rings. The normalized spacial score (nSPS) is 10.9. The zero-order chi connectivity index (χ0) is 15.1. The van der Waals surface area contributed by atoms with E-state index in [-0.39, 0.29) is 0 Å². The molecule has 4 aromatic rings. The van der Waals surface area contributed by atoms with E-state index in [4.69, 9.17) is 5.26 Å². The van der Waals surface area contributed by atoms with Gasteiger partial charge in [0.2, 0.25) is 0 Å². The number of aryl methyl sites for hydroxylation is 1. The number of anilines is 2. The number of nitrogens with one attached hydrogen (secondary N) is 2. The van der Waals surface area contributed by atoms with Crippen molar-refractivity contribution in [2.24, 2.45) is 7.05 Å². The summed E-state index contributed by atoms with van der Waals surface area (Å²) in [5.41, 5.74) is 3.83. The van der Waals surface area contributed by atoms with Gasteiger partial charge in [0.1, 0.15) is 11.6 Å². The van der Waals surface area contributed by atoms with Crippen molar-refractivity contribution in [3.63, 3.8) is 0 Å². The first-order valence-corrected chi connectivity index (χ1v) is 6.69. The summed E-state index contributed by atoms with van der Waals surface area (Å²) in [6.45, 7) is 0. The molecule has 0 bridgehead atoms. The third kappa shape index (κ3) is 1.78. The number of pyridine rings is 1. The van der Waals surface area contributed by atoms with Crippen LogP contribution in [0.1, 0.15) is 5.69 Å². The highest BCUT2D eigenvalue weighted by molar-refractivity contribution is 5.91. The van der Waals surface area contributed by atoms with Gasteiger partial charge in [-0.1, -0.05) is 0 Å². The first-order valence-electron chi connectivity index (χ1n) is 6.69. The number of hydrogen-bond acceptors (Lipinski definition) is 5. The number of rotatable bonds is 2. The Morgan fingerprint density at radius 3 is 3.09 bits per heavy atom. The molecule has 106 valence electrons. The minimum absolute atomic E-state index is 0.427. The quantitative estimate of drug-likeness (QED) is 0.591. The largest absolute Gasteiger partial charge is 0.337 e. The Labute approximate surface area is 125 Å². The van der Waals surface area contributed by atoms with E-state index in [1.54, 1.807) is 10.9 Å². The molecule has 3 aromatic heterocycles. The molecule has 0 atom stereocenters. The SMILES string of the molecule is Cn1nc(C#N)c2ccc(Nc3n[nH]c4cccnc34)cc21. The van der Waals surface area contributed by atoms with Gasteiger partial charge in [-0.2, -0.15) is 15.5 Å². The fourth-order valence-corrected chi connectivity index (χ4v) is 2.49. The summed E-state index contributed by atoms with van der Waals surface area (Å²) < 4.78 is 1.69. The van der Waals surface area contributed by atoms with Gasteiger partial charge in [0.05, 0.1) is 11.0 Å². The Bertz CT molecular complexity index is 1040. The van der Waals surface area contributed by atoms with Gasteiger partial charge in [0, 0.05) is 24.3 Å². The average Bonchev–Trinajstić information content (AvgIpc) is 3.09. The van der Waals surface area contributed by atoms with Crippen LogP contribution in [0.5, 0.6) is 0 Å². The summed E-state index contributed by atoms with van der Waals surface area (Å²) in [6.07, 6.45) is 1.73. The molecule has 4 rings (SSSR count). The zero-order valence-corrected chi connectivity index (χ0v) is 11.7. The van der Waals surface area contributed by atoms with Crippen molar-refractivity contribution in [3.8, 4) is 6.07 Å². The van der Waals surface area contributed by atoms with Gasteiger partial charge >= 0.3 is 0 Å². The van der Waals surface area contributed by atoms with Crippen molar-refractivity contribution >= 4 is 33.4 Å². The van der Waals surface area contributed by atoms with Crippen LogP contribution in [-0.2, 0) is 7.05 Å². The lowest BCUT2D eigenvalue weighted by molar-refractivity contribution is 0.791. The molecule has 3 heterocycles. The molecule has 2 N–H and O–H groups in total. The number of fused-ring (bicyclic) bond motifs is 2. The van der Waals surface area contributed by atoms with Crippen LogP contribution in [0.25, 0.3) is 21.9 Å². The summed E-state index contributed by atoms with van der Waals surface area (Å²) in [5, 5.41) is 24.5. The van der Waals surface area contributed by atoms with Gasteiger partial charge < -0.3 is 5.32 Å². The van der Waals surface area contributed by atoms with Crippen LogP contribution in [0.15, 0.2) is 36.5 Å². The molecule has 7 nitrogen and oxygen atoms in total. The summed E-state index contributed by atoms with van der Waals surface area (Å²) >= 11 is 0. The number of nitriles is 1. The Balaban J connectivity index is 1.79. The van der Waals surface area contributed by atoms with Gasteiger partial charge in [0.25, 0.3) is 0 Å². The Kier molecular flexibility index (Phi) is 2.56. The van der Waals surface area contributed by atoms with E-state index in [2.05, 4.69) is 31.7 Å². The average molecular weight is 289 g/mol. The molecule has 0 radical (unpaired) electrons. The van der Waals surface area contributed by atoms with E-state index in [9.17, 15) is 0 Å². The fraction of sp³-hybridized carbons (Fsp3) is 0.0667. The maximum absolute atomic E-state index is 9.08. The predicted octanol–water partition coefficient (Wildman–Crippen LogP) is 2.46. The molecule has 0 unspecified atom stereocenters. The second-order valence-corrected chi connectivity index (χ2v) is 4.91. The highest BCUT2D eigenvalue weighted by Crippen LogP contribution is 2.25. The number of H-pyrrole nitrogens is 1. The first-order chi connectivity index (χ1) is 10.8. The van der Waals surface area contributed by atoms with E-state index in [1.807, 2.05) is 37.4 Å². The van der Waals surface area contributed by atoms with Crippen LogP contribution in [0, 0.1) is 11.3 Å². The Morgan fingerprint density at radius 2 is 2.23 bits per heavy atom. The van der Waals surface area contributed by atoms with Gasteiger partial charge in [0.15, 0.2) is 11.5 Å². The Morgan fingerprint density at radius 1 is 1.32 bits per heavy atom. The van der Waals surface area contributed by atoms with Crippen molar-refractivity contribution in [3.05, 3.63) is 42.2 Å². The fourth-order valence-electron chi connectivity index (χ4n) is 2.49. The van der Waals surface area contributed by atoms with Crippen LogP contribution < -0.4 is 5.32 Å². The van der Waals surface area contributed by atoms with Crippen LogP contribution in [-0.4, -0.2) is 25.0 Å². The van der Waals surface area contributed by atoms with E-state index in [1.165, 1.54) is 0 Å². The van der Waals surface area contributed by atoms with Gasteiger partial charge in [-0.3, -0.25) is 14.8 Å². The summed E-state index contributed by atoms with van der Waals surface area (Å²) in [6, 6.07) is 11.6. The van der Waals surface area contributed by atoms with E-state index < -0.39 is 0 Å². The third-order valence-corrected chi connectivity index (χ3v) is 3.54. The molecule has 0 spiro atoms. The number of hydrogen-bond donors (Lipinski definition) is 2. The second-order valence-electron chi connectivity index (χ2n) is 4.91. The molecule has 7 heteroatoms. The van der Waals surface area contributed by atoms with Crippen LogP contribution in [0.3, 0.4) is 0 Å². The maximum Gasteiger partial charge on any atom is 0.178 e. The number of benzene rings is 1. The lowest BCUT2D eigenvalue weighted by Crippen LogP contribution is -1.93. The first kappa shape index (κ1) is 12.3. The molecule has 22 heavy (non-hydrogen) atoms. The number of aromatic amines is 1. The molecule has 0 saturated carbocycles. The van der Waals surface area contributed by atoms with Crippen LogP contribution in [0.4, 0.5) is 11.5 Å². The van der Waals surface area contributed by atoms with Crippen LogP contribution in [0.2, 0.25) is 0 Å². The van der Waals surface area contributed by atoms with Crippen molar-refractivity contribution < 1.29 is 0 Å². The molecular formula is C15H11N7. The van der Waals surface area contributed by atoms with Crippen molar-refractivity contribution in [1.29, 1.82) is 5.26 Å². The van der Waals surface area contributed by atoms with Crippen molar-refractivity contribution in [2.45, 2.75) is 0 Å². The van der Waals surface area contributed by atoms with Crippen LogP contribution >= 0.6 is 0 Å². The standard InChI is InChI=1S/C15H11N7/c1-22-13-7-9(4-5-10(13)12(8-16)21-22)18-15-14-11(19-20-15)3-2-6-17-14/h2-7H,1H3,(H2,18,19,20). The molecule has 0 amide bonds. The van der Waals surface area contributed by atoms with E-state index in [0.29, 0.717) is 11.5 Å². The second kappa shape index (κ2) is 4.56. The summed E-state index contributed by atoms with van der Waals surface area (Å²) in [7, 11) is 1.82. The monoisotopic (exact) mass is 289 g/mol. The number of nitrogens with zero attached hydrogens (tertiary/aromatic N) is 5. The van der Waals surface area contributed by atoms with E-state index >= 15 is 0 Å². The minimum atomic E-state index is 0.427. The maximum atomic E-state index is 9.08. The lowest BCUT2D eigenvalue weighted by Gasteiger charge is -2.04. The van der Waals surface area contributed by atoms with Crippen molar-refractivity contribution in [2.75, 3.05) is 5.32 Å². The predicted molar refractivity (Wildman–Crippen MR) is 82.6 cm³/mol. The molecule has 0 aliphatic rings. The molecule has 0 aliphatic heterocycles. The summed E-state index contributed by atoms with van der Waals surface area (Å²) in [4.78, 5) is 4.32. The minimum Gasteiger partial charge on any atom is -0.337 e. The van der Waals surface area contributed by atoms with E-state index in [0.717, 1.165) is 27.6 Å². The van der Waals surface area contributed by atoms with Gasteiger partial charge in [-0.15, -0.1) is 0 Å². The zero-order valence-electron chi connectivity index (χ0n) is 11.7. The van der Waals surface area contributed by atoms with Gasteiger partial charge in [-0.25, -0.2) is 0 Å². The molecule has 1 aromatic carbocycles. The molecule has 0 saturated heterocycles. The lowest BCUT2D eigenvalue weighted by atomic mass is 10.2. The molecule has 0 aliphatic carbocycles. The van der Waals surface area contributed by atoms with Crippen molar-refractivity contribution in [1.82, 2.24) is 25.0 Å². The highest BCUT2D eigenvalue weighted by Gasteiger charge is 2.10. The third-order valence-electron chi connectivity index (χ3n) is 3.54. The van der Waals surface area contributed by atoms with Gasteiger partial charge in [-0.05, 0) is 30.3 Å².